The molecule has 0 N–H and O–H groups in total. The summed E-state index contributed by atoms with van der Waals surface area (Å²) in [5.41, 5.74) is 0. The smallest absolute Gasteiger partial charge is 0.177 e. The first-order valence-corrected chi connectivity index (χ1v) is 2.96. The van der Waals surface area contributed by atoms with Crippen molar-refractivity contribution >= 4 is 0 Å². The first-order chi connectivity index (χ1) is 4.36. The molecule has 2 unspecified atom stereocenters. The molecule has 0 spiro atoms. The van der Waals surface area contributed by atoms with Crippen molar-refractivity contribution in [3.05, 3.63) is 12.2 Å². The minimum Gasteiger partial charge on any atom is -0.346 e. The summed E-state index contributed by atoms with van der Waals surface area (Å²) in [7, 11) is 0. The van der Waals surface area contributed by atoms with Gasteiger partial charge in [-0.25, -0.2) is 4.39 Å². The zero-order valence-electron chi connectivity index (χ0n) is 4.79. The molecule has 0 aliphatic carbocycles. The van der Waals surface area contributed by atoms with Crippen molar-refractivity contribution < 1.29 is 13.9 Å². The second-order valence-electron chi connectivity index (χ2n) is 2.21. The van der Waals surface area contributed by atoms with Gasteiger partial charge in [0.1, 0.15) is 12.3 Å². The zero-order chi connectivity index (χ0) is 6.27. The lowest BCUT2D eigenvalue weighted by Crippen LogP contribution is -2.25. The molecule has 2 nitrogen and oxygen atoms in total. The number of alkyl halides is 1. The van der Waals surface area contributed by atoms with E-state index in [1.165, 1.54) is 6.08 Å². The highest BCUT2D eigenvalue weighted by Crippen LogP contribution is 2.23. The van der Waals surface area contributed by atoms with Crippen molar-refractivity contribution in [3.8, 4) is 0 Å². The summed E-state index contributed by atoms with van der Waals surface area (Å²) in [5.74, 6) is 0. The highest BCUT2D eigenvalue weighted by Gasteiger charge is 2.33. The largest absolute Gasteiger partial charge is 0.346 e. The van der Waals surface area contributed by atoms with Crippen molar-refractivity contribution in [1.82, 2.24) is 0 Å². The van der Waals surface area contributed by atoms with Gasteiger partial charge in [0.15, 0.2) is 6.29 Å². The molecule has 0 aromatic rings. The second kappa shape index (κ2) is 1.78. The maximum absolute atomic E-state index is 12.6. The third kappa shape index (κ3) is 0.767. The van der Waals surface area contributed by atoms with Crippen LogP contribution >= 0.6 is 0 Å². The lowest BCUT2D eigenvalue weighted by Gasteiger charge is -2.14. The fourth-order valence-corrected chi connectivity index (χ4v) is 1.03. The molecule has 1 fully saturated rings. The van der Waals surface area contributed by atoms with Gasteiger partial charge in [-0.3, -0.25) is 0 Å². The van der Waals surface area contributed by atoms with E-state index < -0.39 is 6.17 Å². The van der Waals surface area contributed by atoms with Crippen LogP contribution < -0.4 is 0 Å². The van der Waals surface area contributed by atoms with Gasteiger partial charge in [-0.2, -0.15) is 0 Å². The lowest BCUT2D eigenvalue weighted by atomic mass is 10.2. The molecule has 0 amide bonds. The average molecular weight is 130 g/mol. The first-order valence-electron chi connectivity index (χ1n) is 2.96. The molecule has 50 valence electrons. The van der Waals surface area contributed by atoms with Crippen LogP contribution in [0.3, 0.4) is 0 Å². The fraction of sp³-hybridized carbons (Fsp3) is 0.667. The third-order valence-electron chi connectivity index (χ3n) is 1.54. The number of hydrogen-bond donors (Lipinski definition) is 0. The Balaban J connectivity index is 2.19. The lowest BCUT2D eigenvalue weighted by molar-refractivity contribution is -0.0397. The van der Waals surface area contributed by atoms with Crippen LogP contribution in [-0.4, -0.2) is 25.2 Å². The van der Waals surface area contributed by atoms with Crippen LogP contribution in [0.1, 0.15) is 0 Å². The number of halogens is 1. The molecule has 2 rings (SSSR count). The molecular weight excluding hydrogens is 123 g/mol. The first kappa shape index (κ1) is 5.38. The Morgan fingerprint density at radius 1 is 1.44 bits per heavy atom. The van der Waals surface area contributed by atoms with Gasteiger partial charge in [0.05, 0.1) is 6.61 Å². The Morgan fingerprint density at radius 2 is 2.33 bits per heavy atom. The Bertz CT molecular complexity index is 146. The van der Waals surface area contributed by atoms with Gasteiger partial charge in [0.25, 0.3) is 0 Å². The monoisotopic (exact) mass is 130 g/mol. The summed E-state index contributed by atoms with van der Waals surface area (Å²) in [4.78, 5) is 0. The Hall–Kier alpha value is -0.410. The Labute approximate surface area is 52.3 Å². The number of ether oxygens (including phenoxy) is 2. The Morgan fingerprint density at radius 3 is 3.11 bits per heavy atom. The molecule has 3 atom stereocenters. The van der Waals surface area contributed by atoms with Crippen LogP contribution in [0.2, 0.25) is 0 Å². The summed E-state index contributed by atoms with van der Waals surface area (Å²) >= 11 is 0. The molecule has 0 saturated carbocycles. The van der Waals surface area contributed by atoms with E-state index in [-0.39, 0.29) is 12.4 Å². The van der Waals surface area contributed by atoms with Crippen LogP contribution in [0.5, 0.6) is 0 Å². The van der Waals surface area contributed by atoms with Gasteiger partial charge in [0.2, 0.25) is 0 Å². The molecule has 2 bridgehead atoms. The Kier molecular flexibility index (Phi) is 1.07. The predicted molar refractivity (Wildman–Crippen MR) is 28.6 cm³/mol. The molecule has 3 heteroatoms. The second-order valence-corrected chi connectivity index (χ2v) is 2.21. The third-order valence-corrected chi connectivity index (χ3v) is 1.54. The fourth-order valence-electron chi connectivity index (χ4n) is 1.03. The summed E-state index contributed by atoms with van der Waals surface area (Å²) < 4.78 is 22.6. The minimum absolute atomic E-state index is 0.276. The quantitative estimate of drug-likeness (QED) is 0.448. The molecule has 2 aliphatic heterocycles. The van der Waals surface area contributed by atoms with Gasteiger partial charge in [0, 0.05) is 0 Å². The molecule has 0 aromatic heterocycles. The predicted octanol–water partition coefficient (Wildman–Crippen LogP) is 0.636. The van der Waals surface area contributed by atoms with E-state index in [0.717, 1.165) is 0 Å². The SMILES string of the molecule is F[C@H]1C=CC2OCC1O2. The van der Waals surface area contributed by atoms with Crippen molar-refractivity contribution in [1.29, 1.82) is 0 Å². The summed E-state index contributed by atoms with van der Waals surface area (Å²) in [6.07, 6.45) is 1.51. The standard InChI is InChI=1S/C6H7FO2/c7-4-1-2-6-8-3-5(4)9-6/h1-2,4-6H,3H2/t4-,5?,6?/m0/s1. The molecule has 0 radical (unpaired) electrons. The number of hydrogen-bond acceptors (Lipinski definition) is 2. The summed E-state index contributed by atoms with van der Waals surface area (Å²) in [6, 6.07) is 0. The molecular formula is C6H7FO2. The van der Waals surface area contributed by atoms with E-state index in [1.807, 2.05) is 0 Å². The zero-order valence-corrected chi connectivity index (χ0v) is 4.79. The molecule has 0 aromatic carbocycles. The topological polar surface area (TPSA) is 18.5 Å². The van der Waals surface area contributed by atoms with Gasteiger partial charge >= 0.3 is 0 Å². The normalized spacial score (nSPS) is 47.9. The van der Waals surface area contributed by atoms with Crippen molar-refractivity contribution in [2.45, 2.75) is 18.6 Å². The number of rotatable bonds is 0. The van der Waals surface area contributed by atoms with Gasteiger partial charge in [-0.05, 0) is 12.2 Å². The highest BCUT2D eigenvalue weighted by molar-refractivity contribution is 5.02. The maximum atomic E-state index is 12.6. The van der Waals surface area contributed by atoms with Crippen LogP contribution in [0.15, 0.2) is 12.2 Å². The van der Waals surface area contributed by atoms with Crippen LogP contribution in [-0.2, 0) is 9.47 Å². The maximum Gasteiger partial charge on any atom is 0.177 e. The van der Waals surface area contributed by atoms with Crippen molar-refractivity contribution in [3.63, 3.8) is 0 Å². The van der Waals surface area contributed by atoms with Gasteiger partial charge in [-0.1, -0.05) is 0 Å². The van der Waals surface area contributed by atoms with E-state index in [1.54, 1.807) is 6.08 Å². The van der Waals surface area contributed by atoms with Crippen molar-refractivity contribution in [2.24, 2.45) is 0 Å². The molecule has 9 heavy (non-hydrogen) atoms. The minimum atomic E-state index is -0.969. The number of fused-ring (bicyclic) bond motifs is 2. The highest BCUT2D eigenvalue weighted by atomic mass is 19.1. The molecule has 2 heterocycles. The summed E-state index contributed by atoms with van der Waals surface area (Å²) in [5, 5.41) is 0. The summed E-state index contributed by atoms with van der Waals surface area (Å²) in [6.45, 7) is 0.388. The van der Waals surface area contributed by atoms with Gasteiger partial charge < -0.3 is 9.47 Å². The van der Waals surface area contributed by atoms with E-state index in [0.29, 0.717) is 6.61 Å². The van der Waals surface area contributed by atoms with Crippen LogP contribution in [0.25, 0.3) is 0 Å². The van der Waals surface area contributed by atoms with Crippen LogP contribution in [0.4, 0.5) is 4.39 Å². The van der Waals surface area contributed by atoms with E-state index in [2.05, 4.69) is 0 Å². The molecule has 2 aliphatic rings. The van der Waals surface area contributed by atoms with Crippen LogP contribution in [0, 0.1) is 0 Å². The van der Waals surface area contributed by atoms with E-state index in [9.17, 15) is 4.39 Å². The van der Waals surface area contributed by atoms with Crippen molar-refractivity contribution in [2.75, 3.05) is 6.61 Å². The van der Waals surface area contributed by atoms with E-state index >= 15 is 0 Å². The molecule has 1 saturated heterocycles. The van der Waals surface area contributed by atoms with Gasteiger partial charge in [-0.15, -0.1) is 0 Å². The van der Waals surface area contributed by atoms with E-state index in [4.69, 9.17) is 9.47 Å². The average Bonchev–Trinajstić information content (AvgIpc) is 2.25.